The molecule has 1 heterocycles. The highest BCUT2D eigenvalue weighted by Gasteiger charge is 2.20. The fourth-order valence-corrected chi connectivity index (χ4v) is 3.14. The smallest absolute Gasteiger partial charge is 0.272 e. The van der Waals surface area contributed by atoms with Crippen LogP contribution in [0.1, 0.15) is 17.4 Å². The molecule has 1 N–H and O–H groups in total. The zero-order valence-electron chi connectivity index (χ0n) is 14.6. The summed E-state index contributed by atoms with van der Waals surface area (Å²) < 4.78 is 0. The Morgan fingerprint density at radius 3 is 2.41 bits per heavy atom. The van der Waals surface area contributed by atoms with Gasteiger partial charge in [-0.05, 0) is 31.2 Å². The molecular weight excluding hydrogens is 385 g/mol. The second kappa shape index (κ2) is 8.37. The maximum Gasteiger partial charge on any atom is 0.272 e. The first-order valence-corrected chi connectivity index (χ1v) is 9.14. The van der Waals surface area contributed by atoms with Gasteiger partial charge in [0.25, 0.3) is 5.91 Å². The second-order valence-corrected chi connectivity index (χ2v) is 6.67. The van der Waals surface area contributed by atoms with Crippen molar-refractivity contribution in [2.75, 3.05) is 18.4 Å². The van der Waals surface area contributed by atoms with Crippen LogP contribution in [0.2, 0.25) is 10.0 Å². The number of benzene rings is 2. The van der Waals surface area contributed by atoms with Crippen LogP contribution < -0.4 is 5.32 Å². The first-order chi connectivity index (χ1) is 13.0. The number of nitrogens with zero attached hydrogens (tertiary/aromatic N) is 2. The third kappa shape index (κ3) is 4.38. The summed E-state index contributed by atoms with van der Waals surface area (Å²) in [6, 6.07) is 16.0. The third-order valence-corrected chi connectivity index (χ3v) is 4.68. The number of anilines is 1. The van der Waals surface area contributed by atoms with Crippen molar-refractivity contribution in [1.29, 1.82) is 0 Å². The zero-order valence-corrected chi connectivity index (χ0v) is 16.1. The molecule has 2 aromatic carbocycles. The molecule has 0 atom stereocenters. The van der Waals surface area contributed by atoms with Crippen LogP contribution in [0.5, 0.6) is 0 Å². The average molecular weight is 402 g/mol. The van der Waals surface area contributed by atoms with Gasteiger partial charge in [0.15, 0.2) is 0 Å². The highest BCUT2D eigenvalue weighted by molar-refractivity contribution is 6.39. The van der Waals surface area contributed by atoms with Gasteiger partial charge >= 0.3 is 0 Å². The number of likely N-dealkylation sites (N-methyl/N-ethyl adjacent to an activating group) is 1. The molecule has 1 aromatic heterocycles. The first kappa shape index (κ1) is 19.1. The Morgan fingerprint density at radius 1 is 1.00 bits per heavy atom. The van der Waals surface area contributed by atoms with Crippen molar-refractivity contribution in [2.24, 2.45) is 0 Å². The summed E-state index contributed by atoms with van der Waals surface area (Å²) in [5, 5.41) is 4.28. The SMILES string of the molecule is CCN(CC(=O)Nc1c(Cl)cccc1Cl)C(=O)c1ccc2ccccc2n1. The van der Waals surface area contributed by atoms with Gasteiger partial charge in [0.2, 0.25) is 5.91 Å². The Hall–Kier alpha value is -2.63. The van der Waals surface area contributed by atoms with E-state index in [9.17, 15) is 9.59 Å². The van der Waals surface area contributed by atoms with E-state index in [1.807, 2.05) is 30.3 Å². The molecule has 5 nitrogen and oxygen atoms in total. The lowest BCUT2D eigenvalue weighted by Crippen LogP contribution is -2.38. The highest BCUT2D eigenvalue weighted by atomic mass is 35.5. The molecule has 138 valence electrons. The van der Waals surface area contributed by atoms with Crippen molar-refractivity contribution in [2.45, 2.75) is 6.92 Å². The van der Waals surface area contributed by atoms with E-state index in [2.05, 4.69) is 10.3 Å². The van der Waals surface area contributed by atoms with E-state index in [1.165, 1.54) is 4.90 Å². The van der Waals surface area contributed by atoms with Crippen molar-refractivity contribution in [3.05, 3.63) is 70.3 Å². The molecular formula is C20H17Cl2N3O2. The number of amides is 2. The topological polar surface area (TPSA) is 62.3 Å². The second-order valence-electron chi connectivity index (χ2n) is 5.85. The molecule has 0 aliphatic heterocycles. The quantitative estimate of drug-likeness (QED) is 0.676. The summed E-state index contributed by atoms with van der Waals surface area (Å²) in [5.41, 5.74) is 1.35. The minimum atomic E-state index is -0.388. The van der Waals surface area contributed by atoms with Crippen LogP contribution in [0.4, 0.5) is 5.69 Å². The lowest BCUT2D eigenvalue weighted by atomic mass is 10.2. The fraction of sp³-hybridized carbons (Fsp3) is 0.150. The minimum absolute atomic E-state index is 0.134. The summed E-state index contributed by atoms with van der Waals surface area (Å²) in [5.74, 6) is -0.704. The lowest BCUT2D eigenvalue weighted by molar-refractivity contribution is -0.116. The molecule has 0 aliphatic rings. The number of nitrogens with one attached hydrogen (secondary N) is 1. The number of hydrogen-bond acceptors (Lipinski definition) is 3. The van der Waals surface area contributed by atoms with Crippen molar-refractivity contribution in [1.82, 2.24) is 9.88 Å². The van der Waals surface area contributed by atoms with Crippen LogP contribution in [0, 0.1) is 0 Å². The predicted octanol–water partition coefficient (Wildman–Crippen LogP) is 4.64. The van der Waals surface area contributed by atoms with Crippen molar-refractivity contribution in [3.8, 4) is 0 Å². The van der Waals surface area contributed by atoms with E-state index in [1.54, 1.807) is 31.2 Å². The van der Waals surface area contributed by atoms with Crippen LogP contribution in [-0.4, -0.2) is 34.8 Å². The largest absolute Gasteiger partial charge is 0.328 e. The zero-order chi connectivity index (χ0) is 19.4. The van der Waals surface area contributed by atoms with E-state index in [0.29, 0.717) is 28.0 Å². The van der Waals surface area contributed by atoms with E-state index >= 15 is 0 Å². The molecule has 0 unspecified atom stereocenters. The van der Waals surface area contributed by atoms with Gasteiger partial charge in [-0.2, -0.15) is 0 Å². The Morgan fingerprint density at radius 2 is 1.70 bits per heavy atom. The van der Waals surface area contributed by atoms with Crippen LogP contribution >= 0.6 is 23.2 Å². The van der Waals surface area contributed by atoms with Crippen LogP contribution in [0.15, 0.2) is 54.6 Å². The number of carbonyl (C=O) groups is 2. The van der Waals surface area contributed by atoms with Gasteiger partial charge in [-0.15, -0.1) is 0 Å². The first-order valence-electron chi connectivity index (χ1n) is 8.38. The van der Waals surface area contributed by atoms with Gasteiger partial charge in [-0.25, -0.2) is 4.98 Å². The van der Waals surface area contributed by atoms with Crippen LogP contribution in [-0.2, 0) is 4.79 Å². The Labute approximate surface area is 166 Å². The maximum atomic E-state index is 12.8. The number of pyridine rings is 1. The van der Waals surface area contributed by atoms with E-state index in [4.69, 9.17) is 23.2 Å². The molecule has 0 bridgehead atoms. The molecule has 0 saturated carbocycles. The Kier molecular flexibility index (Phi) is 5.94. The molecule has 3 aromatic rings. The highest BCUT2D eigenvalue weighted by Crippen LogP contribution is 2.29. The molecule has 7 heteroatoms. The molecule has 3 rings (SSSR count). The van der Waals surface area contributed by atoms with E-state index in [-0.39, 0.29) is 18.4 Å². The average Bonchev–Trinajstić information content (AvgIpc) is 2.68. The molecule has 0 spiro atoms. The van der Waals surface area contributed by atoms with Crippen LogP contribution in [0.25, 0.3) is 10.9 Å². The number of hydrogen-bond donors (Lipinski definition) is 1. The molecule has 2 amide bonds. The Bertz CT molecular complexity index is 987. The maximum absolute atomic E-state index is 12.8. The van der Waals surface area contributed by atoms with Gasteiger partial charge < -0.3 is 10.2 Å². The summed E-state index contributed by atoms with van der Waals surface area (Å²) in [6.07, 6.45) is 0. The number of para-hydroxylation sites is 2. The number of fused-ring (bicyclic) bond motifs is 1. The van der Waals surface area contributed by atoms with Gasteiger partial charge in [0, 0.05) is 11.9 Å². The fourth-order valence-electron chi connectivity index (χ4n) is 2.64. The normalized spacial score (nSPS) is 10.6. The number of aromatic nitrogens is 1. The van der Waals surface area contributed by atoms with Crippen molar-refractivity contribution >= 4 is 51.6 Å². The van der Waals surface area contributed by atoms with E-state index < -0.39 is 0 Å². The molecule has 0 fully saturated rings. The number of rotatable bonds is 5. The molecule has 0 aliphatic carbocycles. The minimum Gasteiger partial charge on any atom is -0.328 e. The van der Waals surface area contributed by atoms with Crippen molar-refractivity contribution in [3.63, 3.8) is 0 Å². The summed E-state index contributed by atoms with van der Waals surface area (Å²) in [4.78, 5) is 31.0. The van der Waals surface area contributed by atoms with Gasteiger partial charge in [-0.3, -0.25) is 9.59 Å². The molecule has 0 radical (unpaired) electrons. The monoisotopic (exact) mass is 401 g/mol. The number of halogens is 2. The van der Waals surface area contributed by atoms with Crippen LogP contribution in [0.3, 0.4) is 0 Å². The summed E-state index contributed by atoms with van der Waals surface area (Å²) in [7, 11) is 0. The molecule has 0 saturated heterocycles. The standard InChI is InChI=1S/C20H17Cl2N3O2/c1-2-25(12-18(26)24-19-14(21)7-5-8-15(19)22)20(27)17-11-10-13-6-3-4-9-16(13)23-17/h3-11H,2,12H2,1H3,(H,24,26). The Balaban J connectivity index is 1.75. The molecule has 27 heavy (non-hydrogen) atoms. The van der Waals surface area contributed by atoms with E-state index in [0.717, 1.165) is 10.9 Å². The third-order valence-electron chi connectivity index (χ3n) is 4.05. The van der Waals surface area contributed by atoms with Crippen molar-refractivity contribution < 1.29 is 9.59 Å². The summed E-state index contributed by atoms with van der Waals surface area (Å²) >= 11 is 12.1. The van der Waals surface area contributed by atoms with Gasteiger partial charge in [-0.1, -0.05) is 53.5 Å². The lowest BCUT2D eigenvalue weighted by Gasteiger charge is -2.20. The van der Waals surface area contributed by atoms with Gasteiger partial charge in [0.05, 0.1) is 21.2 Å². The number of carbonyl (C=O) groups excluding carboxylic acids is 2. The van der Waals surface area contributed by atoms with Gasteiger partial charge in [0.1, 0.15) is 12.2 Å². The summed E-state index contributed by atoms with van der Waals surface area (Å²) in [6.45, 7) is 2.02. The predicted molar refractivity (Wildman–Crippen MR) is 108 cm³/mol.